The smallest absolute Gasteiger partial charge is 0.331 e. The summed E-state index contributed by atoms with van der Waals surface area (Å²) < 4.78 is 0. The summed E-state index contributed by atoms with van der Waals surface area (Å²) in [4.78, 5) is 22.0. The van der Waals surface area contributed by atoms with Crippen molar-refractivity contribution in [2.24, 2.45) is 5.41 Å². The lowest BCUT2D eigenvalue weighted by Crippen LogP contribution is -2.41. The normalized spacial score (nSPS) is 23.3. The Morgan fingerprint density at radius 1 is 1.33 bits per heavy atom. The largest absolute Gasteiger partial charge is 0.478 e. The van der Waals surface area contributed by atoms with Gasteiger partial charge >= 0.3 is 5.97 Å². The van der Waals surface area contributed by atoms with Crippen LogP contribution in [0, 0.1) is 5.41 Å². The zero-order valence-corrected chi connectivity index (χ0v) is 16.0. The Bertz CT molecular complexity index is 668. The van der Waals surface area contributed by atoms with Crippen molar-refractivity contribution in [1.29, 1.82) is 0 Å². The molecule has 0 bridgehead atoms. The SMILES string of the molecule is C/C(=C\c1cnc(N[C@@H]2CCN(CC3(CO)CCCCC3)C2)cn1)C(=O)O. The second-order valence-electron chi connectivity index (χ2n) is 8.04. The predicted molar refractivity (Wildman–Crippen MR) is 104 cm³/mol. The van der Waals surface area contributed by atoms with Crippen molar-refractivity contribution in [1.82, 2.24) is 14.9 Å². The number of hydrogen-bond acceptors (Lipinski definition) is 6. The first-order chi connectivity index (χ1) is 13.0. The zero-order valence-electron chi connectivity index (χ0n) is 16.0. The van der Waals surface area contributed by atoms with Crippen molar-refractivity contribution < 1.29 is 15.0 Å². The van der Waals surface area contributed by atoms with Gasteiger partial charge in [0.15, 0.2) is 0 Å². The van der Waals surface area contributed by atoms with Crippen molar-refractivity contribution in [3.63, 3.8) is 0 Å². The molecule has 1 saturated carbocycles. The van der Waals surface area contributed by atoms with E-state index in [1.165, 1.54) is 32.3 Å². The van der Waals surface area contributed by atoms with Crippen molar-refractivity contribution in [3.8, 4) is 0 Å². The van der Waals surface area contributed by atoms with E-state index in [2.05, 4.69) is 20.2 Å². The summed E-state index contributed by atoms with van der Waals surface area (Å²) in [6.07, 6.45) is 11.8. The third kappa shape index (κ3) is 5.26. The highest BCUT2D eigenvalue weighted by Crippen LogP contribution is 2.37. The van der Waals surface area contributed by atoms with E-state index in [9.17, 15) is 9.90 Å². The Morgan fingerprint density at radius 3 is 2.74 bits per heavy atom. The second-order valence-corrected chi connectivity index (χ2v) is 8.04. The Balaban J connectivity index is 1.52. The van der Waals surface area contributed by atoms with E-state index >= 15 is 0 Å². The number of anilines is 1. The van der Waals surface area contributed by atoms with E-state index in [0.29, 0.717) is 17.6 Å². The van der Waals surface area contributed by atoms with Crippen LogP contribution >= 0.6 is 0 Å². The molecule has 1 saturated heterocycles. The number of likely N-dealkylation sites (tertiary alicyclic amines) is 1. The fourth-order valence-corrected chi connectivity index (χ4v) is 4.22. The van der Waals surface area contributed by atoms with Gasteiger partial charge in [-0.1, -0.05) is 19.3 Å². The summed E-state index contributed by atoms with van der Waals surface area (Å²) in [5.74, 6) is -0.245. The van der Waals surface area contributed by atoms with E-state index in [1.54, 1.807) is 12.4 Å². The van der Waals surface area contributed by atoms with Gasteiger partial charge < -0.3 is 20.4 Å². The second kappa shape index (κ2) is 8.80. The molecule has 0 spiro atoms. The molecule has 2 heterocycles. The Labute approximate surface area is 160 Å². The number of rotatable bonds is 7. The lowest BCUT2D eigenvalue weighted by molar-refractivity contribution is -0.132. The fraction of sp³-hybridized carbons (Fsp3) is 0.650. The van der Waals surface area contributed by atoms with Crippen LogP contribution in [0.3, 0.4) is 0 Å². The highest BCUT2D eigenvalue weighted by Gasteiger charge is 2.35. The van der Waals surface area contributed by atoms with Gasteiger partial charge in [-0.15, -0.1) is 0 Å². The molecule has 3 rings (SSSR count). The number of nitrogens with one attached hydrogen (secondary N) is 1. The van der Waals surface area contributed by atoms with Crippen LogP contribution in [0.15, 0.2) is 18.0 Å². The molecule has 1 aromatic rings. The molecule has 27 heavy (non-hydrogen) atoms. The topological polar surface area (TPSA) is 98.6 Å². The summed E-state index contributed by atoms with van der Waals surface area (Å²) in [5, 5.41) is 22.3. The van der Waals surface area contributed by atoms with Gasteiger partial charge in [0.05, 0.1) is 18.1 Å². The van der Waals surface area contributed by atoms with E-state index < -0.39 is 5.97 Å². The van der Waals surface area contributed by atoms with E-state index in [1.807, 2.05) is 0 Å². The molecular weight excluding hydrogens is 344 g/mol. The molecular formula is C20H30N4O3. The highest BCUT2D eigenvalue weighted by molar-refractivity contribution is 5.91. The van der Waals surface area contributed by atoms with Gasteiger partial charge in [-0.3, -0.25) is 4.98 Å². The molecule has 1 aliphatic carbocycles. The average molecular weight is 374 g/mol. The van der Waals surface area contributed by atoms with Gasteiger partial charge in [0.1, 0.15) is 5.82 Å². The van der Waals surface area contributed by atoms with E-state index in [4.69, 9.17) is 5.11 Å². The molecule has 0 amide bonds. The number of aliphatic hydroxyl groups is 1. The lowest BCUT2D eigenvalue weighted by Gasteiger charge is -2.38. The van der Waals surface area contributed by atoms with Gasteiger partial charge in [-0.2, -0.15) is 0 Å². The number of carbonyl (C=O) groups is 1. The lowest BCUT2D eigenvalue weighted by atomic mass is 9.74. The Hall–Kier alpha value is -1.99. The average Bonchev–Trinajstić information content (AvgIpc) is 3.10. The number of carboxylic acid groups (broad SMARTS) is 1. The van der Waals surface area contributed by atoms with Crippen molar-refractivity contribution >= 4 is 17.9 Å². The molecule has 2 aliphatic rings. The van der Waals surface area contributed by atoms with Crippen molar-refractivity contribution in [2.75, 3.05) is 31.6 Å². The van der Waals surface area contributed by atoms with E-state index in [-0.39, 0.29) is 17.6 Å². The number of aliphatic hydroxyl groups excluding tert-OH is 1. The molecule has 148 valence electrons. The minimum atomic E-state index is -0.955. The number of hydrogen-bond donors (Lipinski definition) is 3. The summed E-state index contributed by atoms with van der Waals surface area (Å²) in [7, 11) is 0. The standard InChI is InChI=1S/C20H30N4O3/c1-15(19(26)27)9-17-10-22-18(11-21-17)23-16-5-8-24(12-16)13-20(14-25)6-3-2-4-7-20/h9-11,16,25H,2-8,12-14H2,1H3,(H,22,23)(H,26,27)/b15-9+/t16-/m1/s1. The summed E-state index contributed by atoms with van der Waals surface area (Å²) in [5.41, 5.74) is 0.857. The van der Waals surface area contributed by atoms with Gasteiger partial charge in [0.2, 0.25) is 0 Å². The molecule has 3 N–H and O–H groups in total. The number of nitrogens with zero attached hydrogens (tertiary/aromatic N) is 3. The first-order valence-corrected chi connectivity index (χ1v) is 9.83. The predicted octanol–water partition coefficient (Wildman–Crippen LogP) is 2.39. The number of aromatic nitrogens is 2. The number of aliphatic carboxylic acids is 1. The maximum atomic E-state index is 10.9. The van der Waals surface area contributed by atoms with Crippen LogP contribution < -0.4 is 5.32 Å². The minimum Gasteiger partial charge on any atom is -0.478 e. The minimum absolute atomic E-state index is 0.0862. The van der Waals surface area contributed by atoms with E-state index in [0.717, 1.165) is 38.9 Å². The Morgan fingerprint density at radius 2 is 2.11 bits per heavy atom. The quantitative estimate of drug-likeness (QED) is 0.630. The fourth-order valence-electron chi connectivity index (χ4n) is 4.22. The molecule has 0 unspecified atom stereocenters. The van der Waals surface area contributed by atoms with Gasteiger partial charge in [-0.05, 0) is 32.3 Å². The molecule has 7 heteroatoms. The molecule has 7 nitrogen and oxygen atoms in total. The first kappa shape index (κ1) is 19.8. The summed E-state index contributed by atoms with van der Waals surface area (Å²) in [6.45, 7) is 4.78. The molecule has 1 aromatic heterocycles. The van der Waals surface area contributed by atoms with Gasteiger partial charge in [0.25, 0.3) is 0 Å². The van der Waals surface area contributed by atoms with Crippen LogP contribution in [0.2, 0.25) is 0 Å². The third-order valence-corrected chi connectivity index (χ3v) is 5.81. The third-order valence-electron chi connectivity index (χ3n) is 5.81. The highest BCUT2D eigenvalue weighted by atomic mass is 16.4. The summed E-state index contributed by atoms with van der Waals surface area (Å²) >= 11 is 0. The molecule has 1 aliphatic heterocycles. The van der Waals surface area contributed by atoms with Gasteiger partial charge in [0, 0.05) is 43.3 Å². The van der Waals surface area contributed by atoms with Crippen LogP contribution in [0.25, 0.3) is 6.08 Å². The number of carboxylic acids is 1. The Kier molecular flexibility index (Phi) is 6.44. The molecule has 2 fully saturated rings. The maximum absolute atomic E-state index is 10.9. The molecule has 0 aromatic carbocycles. The van der Waals surface area contributed by atoms with Crippen LogP contribution in [-0.4, -0.2) is 63.3 Å². The monoisotopic (exact) mass is 374 g/mol. The van der Waals surface area contributed by atoms with Crippen molar-refractivity contribution in [3.05, 3.63) is 23.7 Å². The molecule has 1 atom stereocenters. The van der Waals surface area contributed by atoms with Crippen molar-refractivity contribution in [2.45, 2.75) is 51.5 Å². The van der Waals surface area contributed by atoms with Crippen LogP contribution in [-0.2, 0) is 4.79 Å². The maximum Gasteiger partial charge on any atom is 0.331 e. The van der Waals surface area contributed by atoms with Crippen LogP contribution in [0.4, 0.5) is 5.82 Å². The van der Waals surface area contributed by atoms with Crippen LogP contribution in [0.1, 0.15) is 51.1 Å². The molecule has 0 radical (unpaired) electrons. The van der Waals surface area contributed by atoms with Crippen LogP contribution in [0.5, 0.6) is 0 Å². The van der Waals surface area contributed by atoms with Gasteiger partial charge in [-0.25, -0.2) is 9.78 Å². The zero-order chi connectivity index (χ0) is 19.3. The summed E-state index contributed by atoms with van der Waals surface area (Å²) in [6, 6.07) is 0.320. The first-order valence-electron chi connectivity index (χ1n) is 9.83.